The molecule has 2 aromatic rings. The number of hydrogen-bond acceptors (Lipinski definition) is 4. The summed E-state index contributed by atoms with van der Waals surface area (Å²) in [5, 5.41) is 0. The highest BCUT2D eigenvalue weighted by molar-refractivity contribution is 5.72. The molecule has 4 nitrogen and oxygen atoms in total. The molecular weight excluding hydrogens is 214 g/mol. The molecule has 17 heavy (non-hydrogen) atoms. The quantitative estimate of drug-likeness (QED) is 0.853. The number of oxazole rings is 1. The minimum atomic E-state index is 0.277. The summed E-state index contributed by atoms with van der Waals surface area (Å²) in [6, 6.07) is 8.14. The molecule has 2 atom stereocenters. The molecule has 1 fully saturated rings. The first-order valence-electron chi connectivity index (χ1n) is 6.05. The molecule has 1 aliphatic rings. The summed E-state index contributed by atoms with van der Waals surface area (Å²) in [5.74, 6) is 1.34. The third kappa shape index (κ3) is 2.06. The highest BCUT2D eigenvalue weighted by Crippen LogP contribution is 2.20. The molecule has 0 aliphatic carbocycles. The zero-order chi connectivity index (χ0) is 11.8. The summed E-state index contributed by atoms with van der Waals surface area (Å²) < 4.78 is 5.71. The average Bonchev–Trinajstić information content (AvgIpc) is 2.83. The second kappa shape index (κ2) is 4.13. The van der Waals surface area contributed by atoms with Crippen molar-refractivity contribution in [1.29, 1.82) is 0 Å². The third-order valence-corrected chi connectivity index (χ3v) is 3.44. The molecule has 0 amide bonds. The van der Waals surface area contributed by atoms with E-state index in [-0.39, 0.29) is 6.04 Å². The van der Waals surface area contributed by atoms with E-state index in [1.807, 2.05) is 24.3 Å². The topological polar surface area (TPSA) is 55.3 Å². The van der Waals surface area contributed by atoms with Gasteiger partial charge < -0.3 is 10.2 Å². The van der Waals surface area contributed by atoms with Crippen molar-refractivity contribution in [3.8, 4) is 0 Å². The molecule has 1 saturated heterocycles. The summed E-state index contributed by atoms with van der Waals surface area (Å²) >= 11 is 0. The van der Waals surface area contributed by atoms with Gasteiger partial charge in [0.1, 0.15) is 5.52 Å². The van der Waals surface area contributed by atoms with Gasteiger partial charge in [0.05, 0.1) is 6.54 Å². The summed E-state index contributed by atoms with van der Waals surface area (Å²) in [5.41, 5.74) is 7.79. The van der Waals surface area contributed by atoms with Gasteiger partial charge in [-0.05, 0) is 18.1 Å². The number of para-hydroxylation sites is 2. The summed E-state index contributed by atoms with van der Waals surface area (Å²) in [7, 11) is 0. The van der Waals surface area contributed by atoms with Gasteiger partial charge in [0.2, 0.25) is 5.89 Å². The SMILES string of the molecule is CC1CN(Cc2nc3ccccc3o2)CC1N. The van der Waals surface area contributed by atoms with Crippen LogP contribution in [-0.4, -0.2) is 29.0 Å². The lowest BCUT2D eigenvalue weighted by molar-refractivity contribution is 0.285. The summed E-state index contributed by atoms with van der Waals surface area (Å²) in [4.78, 5) is 6.78. The normalized spacial score (nSPS) is 25.8. The lowest BCUT2D eigenvalue weighted by atomic mass is 10.1. The van der Waals surface area contributed by atoms with E-state index in [1.165, 1.54) is 0 Å². The number of benzene rings is 1. The van der Waals surface area contributed by atoms with Crippen molar-refractivity contribution in [3.63, 3.8) is 0 Å². The first-order chi connectivity index (χ1) is 8.22. The molecule has 1 aromatic carbocycles. The minimum Gasteiger partial charge on any atom is -0.439 e. The Bertz CT molecular complexity index is 479. The molecule has 2 N–H and O–H groups in total. The fourth-order valence-electron chi connectivity index (χ4n) is 2.40. The fourth-order valence-corrected chi connectivity index (χ4v) is 2.40. The van der Waals surface area contributed by atoms with Gasteiger partial charge in [-0.15, -0.1) is 0 Å². The van der Waals surface area contributed by atoms with Crippen LogP contribution in [0.4, 0.5) is 0 Å². The van der Waals surface area contributed by atoms with Gasteiger partial charge >= 0.3 is 0 Å². The maximum atomic E-state index is 6.00. The van der Waals surface area contributed by atoms with E-state index in [4.69, 9.17) is 10.2 Å². The van der Waals surface area contributed by atoms with E-state index in [0.717, 1.165) is 36.6 Å². The number of likely N-dealkylation sites (tertiary alicyclic amines) is 1. The van der Waals surface area contributed by atoms with Gasteiger partial charge in [-0.3, -0.25) is 4.90 Å². The zero-order valence-corrected chi connectivity index (χ0v) is 9.97. The Kier molecular flexibility index (Phi) is 2.61. The molecule has 2 unspecified atom stereocenters. The van der Waals surface area contributed by atoms with E-state index < -0.39 is 0 Å². The number of rotatable bonds is 2. The van der Waals surface area contributed by atoms with Crippen molar-refractivity contribution in [2.24, 2.45) is 11.7 Å². The van der Waals surface area contributed by atoms with Crippen molar-refractivity contribution >= 4 is 11.1 Å². The Morgan fingerprint density at radius 1 is 1.41 bits per heavy atom. The van der Waals surface area contributed by atoms with E-state index in [0.29, 0.717) is 5.92 Å². The van der Waals surface area contributed by atoms with E-state index in [9.17, 15) is 0 Å². The lowest BCUT2D eigenvalue weighted by Gasteiger charge is -2.11. The van der Waals surface area contributed by atoms with Crippen LogP contribution in [0.1, 0.15) is 12.8 Å². The highest BCUT2D eigenvalue weighted by Gasteiger charge is 2.27. The van der Waals surface area contributed by atoms with Crippen LogP contribution in [0.2, 0.25) is 0 Å². The molecule has 90 valence electrons. The summed E-state index contributed by atoms with van der Waals surface area (Å²) in [6.07, 6.45) is 0. The van der Waals surface area contributed by atoms with Gasteiger partial charge in [0.25, 0.3) is 0 Å². The molecule has 2 heterocycles. The molecule has 3 rings (SSSR count). The highest BCUT2D eigenvalue weighted by atomic mass is 16.3. The fraction of sp³-hybridized carbons (Fsp3) is 0.462. The first-order valence-corrected chi connectivity index (χ1v) is 6.05. The first kappa shape index (κ1) is 10.7. The lowest BCUT2D eigenvalue weighted by Crippen LogP contribution is -2.28. The van der Waals surface area contributed by atoms with Crippen LogP contribution in [0.25, 0.3) is 11.1 Å². The maximum absolute atomic E-state index is 6.00. The molecule has 0 spiro atoms. The van der Waals surface area contributed by atoms with Crippen LogP contribution in [0, 0.1) is 5.92 Å². The van der Waals surface area contributed by atoms with Gasteiger partial charge in [-0.1, -0.05) is 19.1 Å². The number of nitrogens with zero attached hydrogens (tertiary/aromatic N) is 2. The molecule has 4 heteroatoms. The largest absolute Gasteiger partial charge is 0.439 e. The standard InChI is InChI=1S/C13H17N3O/c1-9-6-16(7-10(9)14)8-13-15-11-4-2-3-5-12(11)17-13/h2-5,9-10H,6-8,14H2,1H3. The molecule has 1 aliphatic heterocycles. The molecule has 0 radical (unpaired) electrons. The van der Waals surface area contributed by atoms with E-state index >= 15 is 0 Å². The van der Waals surface area contributed by atoms with Crippen molar-refractivity contribution < 1.29 is 4.42 Å². The van der Waals surface area contributed by atoms with E-state index in [1.54, 1.807) is 0 Å². The Morgan fingerprint density at radius 3 is 2.94 bits per heavy atom. The number of nitrogens with two attached hydrogens (primary N) is 1. The Labute approximate surface area is 100 Å². The van der Waals surface area contributed by atoms with E-state index in [2.05, 4.69) is 16.8 Å². The Balaban J connectivity index is 1.77. The van der Waals surface area contributed by atoms with Gasteiger partial charge in [0, 0.05) is 19.1 Å². The van der Waals surface area contributed by atoms with Crippen LogP contribution in [0.5, 0.6) is 0 Å². The molecular formula is C13H17N3O. The number of aromatic nitrogens is 1. The molecule has 1 aromatic heterocycles. The van der Waals surface area contributed by atoms with Crippen LogP contribution in [-0.2, 0) is 6.54 Å². The van der Waals surface area contributed by atoms with Crippen molar-refractivity contribution in [3.05, 3.63) is 30.2 Å². The number of fused-ring (bicyclic) bond motifs is 1. The van der Waals surface area contributed by atoms with Gasteiger partial charge in [0.15, 0.2) is 5.58 Å². The van der Waals surface area contributed by atoms with Crippen LogP contribution >= 0.6 is 0 Å². The van der Waals surface area contributed by atoms with Crippen molar-refractivity contribution in [1.82, 2.24) is 9.88 Å². The maximum Gasteiger partial charge on any atom is 0.209 e. The third-order valence-electron chi connectivity index (χ3n) is 3.44. The van der Waals surface area contributed by atoms with Crippen LogP contribution in [0.15, 0.2) is 28.7 Å². The monoisotopic (exact) mass is 231 g/mol. The van der Waals surface area contributed by atoms with Crippen molar-refractivity contribution in [2.45, 2.75) is 19.5 Å². The second-order valence-corrected chi connectivity index (χ2v) is 4.91. The molecule has 0 bridgehead atoms. The Hall–Kier alpha value is -1.39. The average molecular weight is 231 g/mol. The van der Waals surface area contributed by atoms with Gasteiger partial charge in [-0.25, -0.2) is 4.98 Å². The van der Waals surface area contributed by atoms with Crippen molar-refractivity contribution in [2.75, 3.05) is 13.1 Å². The van der Waals surface area contributed by atoms with Crippen LogP contribution in [0.3, 0.4) is 0 Å². The summed E-state index contributed by atoms with van der Waals surface area (Å²) in [6.45, 7) is 4.91. The van der Waals surface area contributed by atoms with Crippen LogP contribution < -0.4 is 5.73 Å². The molecule has 0 saturated carbocycles. The second-order valence-electron chi connectivity index (χ2n) is 4.91. The predicted octanol–water partition coefficient (Wildman–Crippen LogP) is 1.61. The van der Waals surface area contributed by atoms with Gasteiger partial charge in [-0.2, -0.15) is 0 Å². The Morgan fingerprint density at radius 2 is 2.24 bits per heavy atom. The zero-order valence-electron chi connectivity index (χ0n) is 9.97. The smallest absolute Gasteiger partial charge is 0.209 e. The number of hydrogen-bond donors (Lipinski definition) is 1. The minimum absolute atomic E-state index is 0.277. The predicted molar refractivity (Wildman–Crippen MR) is 66.4 cm³/mol.